The van der Waals surface area contributed by atoms with Crippen molar-refractivity contribution in [2.75, 3.05) is 5.75 Å². The van der Waals surface area contributed by atoms with Crippen LogP contribution in [0.25, 0.3) is 5.69 Å². The Morgan fingerprint density at radius 1 is 1.26 bits per heavy atom. The third-order valence-corrected chi connectivity index (χ3v) is 4.00. The zero-order valence-electron chi connectivity index (χ0n) is 11.7. The van der Waals surface area contributed by atoms with Crippen LogP contribution in [0.3, 0.4) is 0 Å². The van der Waals surface area contributed by atoms with Gasteiger partial charge in [0.1, 0.15) is 0 Å². The second-order valence-electron chi connectivity index (χ2n) is 4.53. The summed E-state index contributed by atoms with van der Waals surface area (Å²) in [6.07, 6.45) is -4.40. The van der Waals surface area contributed by atoms with Gasteiger partial charge < -0.3 is 0 Å². The molecule has 0 aliphatic carbocycles. The molecule has 23 heavy (non-hydrogen) atoms. The molecule has 2 aromatic rings. The Morgan fingerprint density at radius 2 is 1.96 bits per heavy atom. The molecule has 0 radical (unpaired) electrons. The molecule has 2 aromatic heterocycles. The number of alkyl halides is 5. The van der Waals surface area contributed by atoms with Crippen molar-refractivity contribution in [2.45, 2.75) is 30.3 Å². The molecule has 0 aliphatic heterocycles. The maximum absolute atomic E-state index is 13.3. The Kier molecular flexibility index (Phi) is 5.20. The highest BCUT2D eigenvalue weighted by Gasteiger charge is 2.57. The average molecular weight is 372 g/mol. The van der Waals surface area contributed by atoms with Gasteiger partial charge in [-0.1, -0.05) is 18.5 Å². The first kappa shape index (κ1) is 18.0. The van der Waals surface area contributed by atoms with Gasteiger partial charge in [-0.05, 0) is 17.9 Å². The number of thioether (sulfide) groups is 1. The molecule has 2 rings (SSSR count). The largest absolute Gasteiger partial charge is 0.453 e. The van der Waals surface area contributed by atoms with Crippen LogP contribution in [-0.4, -0.2) is 32.6 Å². The Hall–Kier alpha value is -1.35. The highest BCUT2D eigenvalue weighted by molar-refractivity contribution is 7.99. The first-order valence-corrected chi connectivity index (χ1v) is 7.78. The van der Waals surface area contributed by atoms with E-state index in [0.29, 0.717) is 11.4 Å². The van der Waals surface area contributed by atoms with Gasteiger partial charge >= 0.3 is 12.1 Å². The number of pyridine rings is 1. The van der Waals surface area contributed by atoms with E-state index in [1.54, 1.807) is 6.92 Å². The molecule has 0 aromatic carbocycles. The lowest BCUT2D eigenvalue weighted by Gasteiger charge is -2.20. The monoisotopic (exact) mass is 371 g/mol. The summed E-state index contributed by atoms with van der Waals surface area (Å²) in [5, 5.41) is 4.15. The quantitative estimate of drug-likeness (QED) is 0.560. The molecule has 3 nitrogen and oxygen atoms in total. The van der Waals surface area contributed by atoms with Crippen molar-refractivity contribution in [3.63, 3.8) is 0 Å². The van der Waals surface area contributed by atoms with E-state index in [0.717, 1.165) is 11.8 Å². The molecular weight excluding hydrogens is 361 g/mol. The zero-order chi connectivity index (χ0) is 17.3. The van der Waals surface area contributed by atoms with E-state index in [-0.39, 0.29) is 15.7 Å². The molecule has 0 aliphatic rings. The molecule has 126 valence electrons. The minimum Gasteiger partial charge on any atom is -0.258 e. The summed E-state index contributed by atoms with van der Waals surface area (Å²) in [5.41, 5.74) is 0.119. The molecule has 0 saturated carbocycles. The molecule has 0 spiro atoms. The second kappa shape index (κ2) is 6.64. The highest BCUT2D eigenvalue weighted by atomic mass is 35.5. The number of aromatic nitrogens is 3. The third-order valence-electron chi connectivity index (χ3n) is 2.84. The van der Waals surface area contributed by atoms with E-state index in [1.807, 2.05) is 0 Å². The standard InChI is InChI=1S/C13H11ClF5N3S/c1-2-23-10-5-8(22-4-3-11(14)21-22)7-20-9(10)6-12(15,16)13(17,18)19/h3-5,7H,2,6H2,1H3. The van der Waals surface area contributed by atoms with Crippen molar-refractivity contribution in [1.82, 2.24) is 14.8 Å². The van der Waals surface area contributed by atoms with Crippen molar-refractivity contribution in [2.24, 2.45) is 0 Å². The van der Waals surface area contributed by atoms with Gasteiger partial charge in [-0.15, -0.1) is 11.8 Å². The molecule has 0 saturated heterocycles. The van der Waals surface area contributed by atoms with Gasteiger partial charge in [0.2, 0.25) is 0 Å². The average Bonchev–Trinajstić information content (AvgIpc) is 2.86. The summed E-state index contributed by atoms with van der Waals surface area (Å²) < 4.78 is 65.0. The molecule has 0 unspecified atom stereocenters. The van der Waals surface area contributed by atoms with E-state index in [9.17, 15) is 22.0 Å². The Bertz CT molecular complexity index is 686. The molecule has 10 heteroatoms. The van der Waals surface area contributed by atoms with Gasteiger partial charge in [0.25, 0.3) is 0 Å². The molecule has 0 bridgehead atoms. The van der Waals surface area contributed by atoms with Gasteiger partial charge in [0, 0.05) is 11.1 Å². The first-order valence-electron chi connectivity index (χ1n) is 6.42. The van der Waals surface area contributed by atoms with Crippen LogP contribution in [0.5, 0.6) is 0 Å². The summed E-state index contributed by atoms with van der Waals surface area (Å²) in [6, 6.07) is 2.98. The SMILES string of the molecule is CCSc1cc(-n2ccc(Cl)n2)cnc1CC(F)(F)C(F)(F)F. The topological polar surface area (TPSA) is 30.7 Å². The van der Waals surface area contributed by atoms with E-state index < -0.39 is 18.5 Å². The van der Waals surface area contributed by atoms with E-state index in [4.69, 9.17) is 11.6 Å². The molecule has 0 N–H and O–H groups in total. The van der Waals surface area contributed by atoms with E-state index >= 15 is 0 Å². The summed E-state index contributed by atoms with van der Waals surface area (Å²) in [7, 11) is 0. The number of hydrogen-bond acceptors (Lipinski definition) is 3. The molecule has 0 fully saturated rings. The van der Waals surface area contributed by atoms with Crippen LogP contribution in [0.2, 0.25) is 5.15 Å². The molecular formula is C13H11ClF5N3S. The van der Waals surface area contributed by atoms with Crippen LogP contribution in [0.4, 0.5) is 22.0 Å². The Labute approximate surface area is 137 Å². The minimum absolute atomic E-state index is 0.224. The van der Waals surface area contributed by atoms with Crippen LogP contribution < -0.4 is 0 Å². The normalized spacial score (nSPS) is 12.7. The third kappa shape index (κ3) is 4.14. The van der Waals surface area contributed by atoms with Gasteiger partial charge in [-0.25, -0.2) is 4.68 Å². The van der Waals surface area contributed by atoms with Crippen LogP contribution in [-0.2, 0) is 6.42 Å². The smallest absolute Gasteiger partial charge is 0.258 e. The number of hydrogen-bond donors (Lipinski definition) is 0. The van der Waals surface area contributed by atoms with E-state index in [2.05, 4.69) is 10.1 Å². The lowest BCUT2D eigenvalue weighted by molar-refractivity contribution is -0.281. The maximum atomic E-state index is 13.3. The fourth-order valence-electron chi connectivity index (χ4n) is 1.76. The van der Waals surface area contributed by atoms with Crippen molar-refractivity contribution in [3.05, 3.63) is 35.4 Å². The van der Waals surface area contributed by atoms with Crippen molar-refractivity contribution >= 4 is 23.4 Å². The predicted octanol–water partition coefficient (Wildman–Crippen LogP) is 4.77. The number of nitrogens with zero attached hydrogens (tertiary/aromatic N) is 3. The lowest BCUT2D eigenvalue weighted by atomic mass is 10.1. The molecule has 2 heterocycles. The lowest BCUT2D eigenvalue weighted by Crippen LogP contribution is -2.38. The predicted molar refractivity (Wildman–Crippen MR) is 77.5 cm³/mol. The van der Waals surface area contributed by atoms with Gasteiger partial charge in [0.05, 0.1) is 24.0 Å². The summed E-state index contributed by atoms with van der Waals surface area (Å²) >= 11 is 6.83. The Balaban J connectivity index is 2.37. The van der Waals surface area contributed by atoms with Crippen LogP contribution >= 0.6 is 23.4 Å². The maximum Gasteiger partial charge on any atom is 0.453 e. The fraction of sp³-hybridized carbons (Fsp3) is 0.385. The molecule has 0 amide bonds. The van der Waals surface area contributed by atoms with Gasteiger partial charge in [-0.3, -0.25) is 4.98 Å². The van der Waals surface area contributed by atoms with Gasteiger partial charge in [0.15, 0.2) is 5.15 Å². The van der Waals surface area contributed by atoms with Crippen LogP contribution in [0.1, 0.15) is 12.6 Å². The van der Waals surface area contributed by atoms with Crippen LogP contribution in [0.15, 0.2) is 29.4 Å². The number of halogens is 6. The van der Waals surface area contributed by atoms with Crippen molar-refractivity contribution < 1.29 is 22.0 Å². The first-order chi connectivity index (χ1) is 10.6. The zero-order valence-corrected chi connectivity index (χ0v) is 13.3. The Morgan fingerprint density at radius 3 is 2.48 bits per heavy atom. The van der Waals surface area contributed by atoms with Gasteiger partial charge in [-0.2, -0.15) is 27.1 Å². The summed E-state index contributed by atoms with van der Waals surface area (Å²) in [4.78, 5) is 4.03. The second-order valence-corrected chi connectivity index (χ2v) is 6.23. The van der Waals surface area contributed by atoms with Crippen LogP contribution in [0, 0.1) is 0 Å². The number of rotatable bonds is 5. The minimum atomic E-state index is -5.61. The summed E-state index contributed by atoms with van der Waals surface area (Å²) in [5.74, 6) is -4.34. The van der Waals surface area contributed by atoms with Crippen molar-refractivity contribution in [1.29, 1.82) is 0 Å². The molecule has 0 atom stereocenters. The van der Waals surface area contributed by atoms with E-state index in [1.165, 1.54) is 29.2 Å². The van der Waals surface area contributed by atoms with Crippen molar-refractivity contribution in [3.8, 4) is 5.69 Å². The fourth-order valence-corrected chi connectivity index (χ4v) is 2.70. The highest BCUT2D eigenvalue weighted by Crippen LogP contribution is 2.39. The summed E-state index contributed by atoms with van der Waals surface area (Å²) in [6.45, 7) is 1.76.